The number of aromatic nitrogens is 2. The van der Waals surface area contributed by atoms with E-state index >= 15 is 0 Å². The molecule has 0 radical (unpaired) electrons. The van der Waals surface area contributed by atoms with Crippen molar-refractivity contribution in [1.29, 1.82) is 0 Å². The van der Waals surface area contributed by atoms with E-state index in [-0.39, 0.29) is 11.9 Å². The number of imidazole rings is 1. The number of amides is 1. The smallest absolute Gasteiger partial charge is 0.255 e. The zero-order valence-corrected chi connectivity index (χ0v) is 17.8. The van der Waals surface area contributed by atoms with Gasteiger partial charge in [0, 0.05) is 15.9 Å². The first-order valence-corrected chi connectivity index (χ1v) is 10.5. The molecule has 1 aromatic heterocycles. The van der Waals surface area contributed by atoms with Crippen LogP contribution in [-0.4, -0.2) is 15.5 Å². The third kappa shape index (κ3) is 3.19. The molecular formula is C24H19BrN4O. The summed E-state index contributed by atoms with van der Waals surface area (Å²) in [6, 6.07) is 25.3. The minimum absolute atomic E-state index is 0.137. The number of nitrogens with one attached hydrogen (secondary N) is 2. The molecule has 6 heteroatoms. The van der Waals surface area contributed by atoms with Gasteiger partial charge in [-0.2, -0.15) is 0 Å². The Morgan fingerprint density at radius 3 is 2.47 bits per heavy atom. The topological polar surface area (TPSA) is 59.0 Å². The van der Waals surface area contributed by atoms with Gasteiger partial charge in [0.05, 0.1) is 22.6 Å². The number of benzene rings is 3. The van der Waals surface area contributed by atoms with E-state index in [0.29, 0.717) is 5.57 Å². The lowest BCUT2D eigenvalue weighted by atomic mass is 9.94. The van der Waals surface area contributed by atoms with Gasteiger partial charge >= 0.3 is 0 Å². The molecule has 1 atom stereocenters. The summed E-state index contributed by atoms with van der Waals surface area (Å²) >= 11 is 3.51. The number of hydrogen-bond acceptors (Lipinski definition) is 3. The SMILES string of the molecule is CC1=C(C(=O)Nc2ccccc2)C(c2ccc(Br)cc2)n2c(nc3ccccc32)N1. The minimum Gasteiger partial charge on any atom is -0.329 e. The molecule has 0 spiro atoms. The van der Waals surface area contributed by atoms with Crippen LogP contribution in [0.15, 0.2) is 94.6 Å². The van der Waals surface area contributed by atoms with Gasteiger partial charge in [0.15, 0.2) is 0 Å². The Kier molecular flexibility index (Phi) is 4.64. The molecule has 5 nitrogen and oxygen atoms in total. The predicted molar refractivity (Wildman–Crippen MR) is 123 cm³/mol. The van der Waals surface area contributed by atoms with Crippen molar-refractivity contribution in [3.05, 3.63) is 100 Å². The van der Waals surface area contributed by atoms with E-state index < -0.39 is 0 Å². The standard InChI is InChI=1S/C24H19BrN4O/c1-15-21(23(30)27-18-7-3-2-4-8-18)22(16-11-13-17(25)14-12-16)29-20-10-6-5-9-19(20)28-24(29)26-15/h2-14,22H,1H3,(H,26,28)(H,27,30). The Bertz CT molecular complexity index is 1280. The molecule has 5 rings (SSSR count). The van der Waals surface area contributed by atoms with Crippen LogP contribution in [0, 0.1) is 0 Å². The van der Waals surface area contributed by atoms with Crippen LogP contribution < -0.4 is 10.6 Å². The van der Waals surface area contributed by atoms with Crippen LogP contribution in [0.2, 0.25) is 0 Å². The highest BCUT2D eigenvalue weighted by atomic mass is 79.9. The highest BCUT2D eigenvalue weighted by molar-refractivity contribution is 9.10. The molecule has 0 saturated carbocycles. The summed E-state index contributed by atoms with van der Waals surface area (Å²) < 4.78 is 3.10. The van der Waals surface area contributed by atoms with Gasteiger partial charge in [0.1, 0.15) is 0 Å². The largest absolute Gasteiger partial charge is 0.329 e. The molecule has 1 unspecified atom stereocenters. The maximum atomic E-state index is 13.4. The van der Waals surface area contributed by atoms with Gasteiger partial charge in [-0.1, -0.05) is 58.4 Å². The van der Waals surface area contributed by atoms with E-state index in [9.17, 15) is 4.79 Å². The predicted octanol–water partition coefficient (Wildman–Crippen LogP) is 5.73. The number of hydrogen-bond donors (Lipinski definition) is 2. The molecule has 1 amide bonds. The second-order valence-corrected chi connectivity index (χ2v) is 8.15. The van der Waals surface area contributed by atoms with Gasteiger partial charge < -0.3 is 10.6 Å². The molecule has 1 aliphatic rings. The lowest BCUT2D eigenvalue weighted by molar-refractivity contribution is -0.113. The summed E-state index contributed by atoms with van der Waals surface area (Å²) in [7, 11) is 0. The zero-order valence-electron chi connectivity index (χ0n) is 16.3. The third-order valence-electron chi connectivity index (χ3n) is 5.29. The van der Waals surface area contributed by atoms with Crippen LogP contribution in [0.4, 0.5) is 11.6 Å². The first-order chi connectivity index (χ1) is 14.6. The second-order valence-electron chi connectivity index (χ2n) is 7.23. The molecule has 148 valence electrons. The summed E-state index contributed by atoms with van der Waals surface area (Å²) in [5, 5.41) is 6.38. The van der Waals surface area contributed by atoms with Crippen molar-refractivity contribution >= 4 is 44.5 Å². The van der Waals surface area contributed by atoms with Gasteiger partial charge in [-0.05, 0) is 48.9 Å². The molecule has 4 aromatic rings. The fraction of sp³-hybridized carbons (Fsp3) is 0.0833. The maximum absolute atomic E-state index is 13.4. The Balaban J connectivity index is 1.68. The Morgan fingerprint density at radius 2 is 1.70 bits per heavy atom. The van der Waals surface area contributed by atoms with Crippen LogP contribution in [0.1, 0.15) is 18.5 Å². The number of nitrogens with zero attached hydrogens (tertiary/aromatic N) is 2. The van der Waals surface area contributed by atoms with Gasteiger partial charge in [-0.3, -0.25) is 9.36 Å². The average Bonchev–Trinajstić information content (AvgIpc) is 3.12. The molecule has 30 heavy (non-hydrogen) atoms. The summed E-state index contributed by atoms with van der Waals surface area (Å²) in [6.45, 7) is 1.93. The lowest BCUT2D eigenvalue weighted by Crippen LogP contribution is -2.30. The van der Waals surface area contributed by atoms with E-state index in [1.54, 1.807) is 0 Å². The summed E-state index contributed by atoms with van der Waals surface area (Å²) in [6.07, 6.45) is 0. The van der Waals surface area contributed by atoms with E-state index in [1.165, 1.54) is 0 Å². The Morgan fingerprint density at radius 1 is 1.00 bits per heavy atom. The first-order valence-electron chi connectivity index (χ1n) is 9.68. The molecular weight excluding hydrogens is 440 g/mol. The monoisotopic (exact) mass is 458 g/mol. The highest BCUT2D eigenvalue weighted by Gasteiger charge is 2.34. The number of allylic oxidation sites excluding steroid dienone is 1. The molecule has 0 aliphatic carbocycles. The lowest BCUT2D eigenvalue weighted by Gasteiger charge is -2.30. The number of anilines is 2. The normalized spacial score (nSPS) is 15.6. The number of fused-ring (bicyclic) bond motifs is 3. The van der Waals surface area contributed by atoms with Crippen molar-refractivity contribution in [1.82, 2.24) is 9.55 Å². The number of rotatable bonds is 3. The molecule has 0 saturated heterocycles. The molecule has 2 heterocycles. The van der Waals surface area contributed by atoms with Gasteiger partial charge in [-0.15, -0.1) is 0 Å². The Hall–Kier alpha value is -3.38. The number of carbonyl (C=O) groups excluding carboxylic acids is 1. The van der Waals surface area contributed by atoms with E-state index in [2.05, 4.69) is 31.1 Å². The second kappa shape index (κ2) is 7.46. The third-order valence-corrected chi connectivity index (χ3v) is 5.82. The minimum atomic E-state index is -0.300. The van der Waals surface area contributed by atoms with Crippen molar-refractivity contribution in [2.75, 3.05) is 10.6 Å². The van der Waals surface area contributed by atoms with Crippen molar-refractivity contribution in [2.45, 2.75) is 13.0 Å². The van der Waals surface area contributed by atoms with Crippen LogP contribution in [0.5, 0.6) is 0 Å². The molecule has 0 bridgehead atoms. The van der Waals surface area contributed by atoms with Gasteiger partial charge in [0.2, 0.25) is 5.95 Å². The molecule has 1 aliphatic heterocycles. The molecule has 3 aromatic carbocycles. The van der Waals surface area contributed by atoms with Gasteiger partial charge in [0.25, 0.3) is 5.91 Å². The van der Waals surface area contributed by atoms with E-state index in [0.717, 1.165) is 38.4 Å². The van der Waals surface area contributed by atoms with Crippen molar-refractivity contribution in [3.8, 4) is 0 Å². The first kappa shape index (κ1) is 18.6. The number of halogens is 1. The quantitative estimate of drug-likeness (QED) is 0.412. The van der Waals surface area contributed by atoms with Crippen molar-refractivity contribution < 1.29 is 4.79 Å². The van der Waals surface area contributed by atoms with Crippen LogP contribution >= 0.6 is 15.9 Å². The Labute approximate surface area is 182 Å². The van der Waals surface area contributed by atoms with Crippen molar-refractivity contribution in [2.24, 2.45) is 0 Å². The van der Waals surface area contributed by atoms with Crippen molar-refractivity contribution in [3.63, 3.8) is 0 Å². The number of para-hydroxylation sites is 3. The maximum Gasteiger partial charge on any atom is 0.255 e. The van der Waals surface area contributed by atoms with Crippen LogP contribution in [-0.2, 0) is 4.79 Å². The highest BCUT2D eigenvalue weighted by Crippen LogP contribution is 2.39. The summed E-state index contributed by atoms with van der Waals surface area (Å²) in [5.41, 5.74) is 5.10. The fourth-order valence-electron chi connectivity index (χ4n) is 3.94. The summed E-state index contributed by atoms with van der Waals surface area (Å²) in [5.74, 6) is 0.598. The average molecular weight is 459 g/mol. The number of carbonyl (C=O) groups is 1. The van der Waals surface area contributed by atoms with Crippen LogP contribution in [0.25, 0.3) is 11.0 Å². The summed E-state index contributed by atoms with van der Waals surface area (Å²) in [4.78, 5) is 18.2. The molecule has 0 fully saturated rings. The zero-order chi connectivity index (χ0) is 20.7. The van der Waals surface area contributed by atoms with Gasteiger partial charge in [-0.25, -0.2) is 4.98 Å². The van der Waals surface area contributed by atoms with E-state index in [1.807, 2.05) is 85.8 Å². The fourth-order valence-corrected chi connectivity index (χ4v) is 4.20. The van der Waals surface area contributed by atoms with E-state index in [4.69, 9.17) is 4.98 Å². The van der Waals surface area contributed by atoms with Crippen LogP contribution in [0.3, 0.4) is 0 Å². The molecule has 2 N–H and O–H groups in total.